The lowest BCUT2D eigenvalue weighted by Gasteiger charge is -2.23. The molecule has 0 spiro atoms. The molecule has 0 aliphatic carbocycles. The van der Waals surface area contributed by atoms with Crippen molar-refractivity contribution in [3.63, 3.8) is 0 Å². The highest BCUT2D eigenvalue weighted by Crippen LogP contribution is 2.17. The van der Waals surface area contributed by atoms with Gasteiger partial charge in [0.05, 0.1) is 18.8 Å². The Morgan fingerprint density at radius 3 is 1.04 bits per heavy atom. The summed E-state index contributed by atoms with van der Waals surface area (Å²) in [5.41, 5.74) is 0. The molecule has 0 aromatic heterocycles. The van der Waals surface area contributed by atoms with E-state index in [1.54, 1.807) is 0 Å². The van der Waals surface area contributed by atoms with Crippen molar-refractivity contribution in [3.05, 3.63) is 12.2 Å². The molecule has 0 aromatic carbocycles. The quantitative estimate of drug-likeness (QED) is 0.0369. The molecule has 0 fully saturated rings. The summed E-state index contributed by atoms with van der Waals surface area (Å²) in [6.45, 7) is 4.25. The average molecular weight is 750 g/mol. The van der Waals surface area contributed by atoms with Crippen LogP contribution in [0, 0.1) is 0 Å². The second-order valence-corrected chi connectivity index (χ2v) is 16.7. The number of aliphatic hydroxyl groups excluding tert-OH is 3. The Bertz CT molecular complexity index is 743. The molecular weight excluding hydrogens is 655 g/mol. The van der Waals surface area contributed by atoms with E-state index in [-0.39, 0.29) is 6.61 Å². The summed E-state index contributed by atoms with van der Waals surface area (Å²) in [6, 6.07) is -0.711. The van der Waals surface area contributed by atoms with Crippen molar-refractivity contribution in [2.45, 2.75) is 283 Å². The Morgan fingerprint density at radius 1 is 0.434 bits per heavy atom. The van der Waals surface area contributed by atoms with Gasteiger partial charge < -0.3 is 20.6 Å². The highest BCUT2D eigenvalue weighted by molar-refractivity contribution is 5.80. The lowest BCUT2D eigenvalue weighted by Crippen LogP contribution is -2.49. The van der Waals surface area contributed by atoms with Gasteiger partial charge in [-0.05, 0) is 38.5 Å². The molecule has 4 N–H and O–H groups in total. The average Bonchev–Trinajstić information content (AvgIpc) is 3.16. The first-order chi connectivity index (χ1) is 26.1. The SMILES string of the molecule is CCCCCCCCCCCCCC/C=C\CCCCCCCCC(O)C(=O)NC(CO)C(O)CCCCCCCCCCCCCCCCCCC. The molecule has 1 amide bonds. The van der Waals surface area contributed by atoms with Gasteiger partial charge in [-0.25, -0.2) is 0 Å². The van der Waals surface area contributed by atoms with Crippen molar-refractivity contribution < 1.29 is 20.1 Å². The summed E-state index contributed by atoms with van der Waals surface area (Å²) in [6.07, 6.45) is 52.2. The molecule has 0 heterocycles. The predicted octanol–water partition coefficient (Wildman–Crippen LogP) is 14.0. The highest BCUT2D eigenvalue weighted by Gasteiger charge is 2.23. The monoisotopic (exact) mass is 750 g/mol. The van der Waals surface area contributed by atoms with Gasteiger partial charge in [0.25, 0.3) is 0 Å². The zero-order valence-electron chi connectivity index (χ0n) is 35.9. The summed E-state index contributed by atoms with van der Waals surface area (Å²) in [5, 5.41) is 33.4. The van der Waals surface area contributed by atoms with Crippen LogP contribution in [0.1, 0.15) is 264 Å². The molecule has 3 unspecified atom stereocenters. The van der Waals surface area contributed by atoms with E-state index in [2.05, 4.69) is 31.3 Å². The summed E-state index contributed by atoms with van der Waals surface area (Å²) in [4.78, 5) is 12.5. The van der Waals surface area contributed by atoms with E-state index in [0.717, 1.165) is 32.1 Å². The Hall–Kier alpha value is -0.910. The third kappa shape index (κ3) is 39.1. The van der Waals surface area contributed by atoms with Crippen LogP contribution in [-0.4, -0.2) is 46.1 Å². The maximum absolute atomic E-state index is 12.5. The summed E-state index contributed by atoms with van der Waals surface area (Å²) in [7, 11) is 0. The van der Waals surface area contributed by atoms with Crippen LogP contribution in [0.5, 0.6) is 0 Å². The normalized spacial score (nSPS) is 13.5. The molecule has 0 aliphatic heterocycles. The highest BCUT2D eigenvalue weighted by atomic mass is 16.3. The minimum atomic E-state index is -1.08. The largest absolute Gasteiger partial charge is 0.394 e. The third-order valence-corrected chi connectivity index (χ3v) is 11.4. The van der Waals surface area contributed by atoms with Crippen LogP contribution in [0.15, 0.2) is 12.2 Å². The van der Waals surface area contributed by atoms with Crippen molar-refractivity contribution in [2.24, 2.45) is 0 Å². The smallest absolute Gasteiger partial charge is 0.249 e. The summed E-state index contributed by atoms with van der Waals surface area (Å²) in [5.74, 6) is -0.471. The Kier molecular flexibility index (Phi) is 43.1. The number of hydrogen-bond donors (Lipinski definition) is 4. The molecule has 0 saturated carbocycles. The Balaban J connectivity index is 3.58. The topological polar surface area (TPSA) is 89.8 Å². The first kappa shape index (κ1) is 52.1. The second kappa shape index (κ2) is 43.8. The zero-order valence-corrected chi connectivity index (χ0v) is 35.9. The van der Waals surface area contributed by atoms with E-state index < -0.39 is 24.2 Å². The fourth-order valence-electron chi connectivity index (χ4n) is 7.60. The van der Waals surface area contributed by atoms with Crippen LogP contribution in [0.2, 0.25) is 0 Å². The van der Waals surface area contributed by atoms with Crippen LogP contribution in [0.25, 0.3) is 0 Å². The molecule has 53 heavy (non-hydrogen) atoms. The molecule has 0 aliphatic rings. The number of amides is 1. The van der Waals surface area contributed by atoms with E-state index >= 15 is 0 Å². The molecular formula is C48H95NO4. The molecule has 0 radical (unpaired) electrons. The number of hydrogen-bond acceptors (Lipinski definition) is 4. The van der Waals surface area contributed by atoms with Crippen LogP contribution >= 0.6 is 0 Å². The number of unbranched alkanes of at least 4 members (excludes halogenated alkanes) is 34. The fourth-order valence-corrected chi connectivity index (χ4v) is 7.60. The van der Waals surface area contributed by atoms with Crippen LogP contribution in [-0.2, 0) is 4.79 Å². The number of carbonyl (C=O) groups is 1. The number of allylic oxidation sites excluding steroid dienone is 2. The van der Waals surface area contributed by atoms with Crippen LogP contribution < -0.4 is 5.32 Å². The molecule has 0 saturated heterocycles. The van der Waals surface area contributed by atoms with E-state index in [1.807, 2.05) is 0 Å². The predicted molar refractivity (Wildman–Crippen MR) is 232 cm³/mol. The molecule has 5 nitrogen and oxygen atoms in total. The van der Waals surface area contributed by atoms with E-state index in [0.29, 0.717) is 12.8 Å². The second-order valence-electron chi connectivity index (χ2n) is 16.7. The molecule has 3 atom stereocenters. The van der Waals surface area contributed by atoms with Gasteiger partial charge in [-0.15, -0.1) is 0 Å². The van der Waals surface area contributed by atoms with Gasteiger partial charge in [0.15, 0.2) is 0 Å². The van der Waals surface area contributed by atoms with Gasteiger partial charge in [-0.1, -0.05) is 238 Å². The maximum atomic E-state index is 12.5. The molecule has 5 heteroatoms. The van der Waals surface area contributed by atoms with Gasteiger partial charge in [0.1, 0.15) is 6.10 Å². The molecule has 0 aromatic rings. The minimum absolute atomic E-state index is 0.312. The minimum Gasteiger partial charge on any atom is -0.394 e. The number of carbonyl (C=O) groups excluding carboxylic acids is 1. The summed E-state index contributed by atoms with van der Waals surface area (Å²) < 4.78 is 0. The van der Waals surface area contributed by atoms with E-state index in [4.69, 9.17) is 0 Å². The molecule has 0 rings (SSSR count). The van der Waals surface area contributed by atoms with Gasteiger partial charge >= 0.3 is 0 Å². The Morgan fingerprint density at radius 2 is 0.717 bits per heavy atom. The first-order valence-corrected chi connectivity index (χ1v) is 24.0. The maximum Gasteiger partial charge on any atom is 0.249 e. The van der Waals surface area contributed by atoms with Crippen LogP contribution in [0.3, 0.4) is 0 Å². The van der Waals surface area contributed by atoms with Gasteiger partial charge in [-0.3, -0.25) is 4.79 Å². The van der Waals surface area contributed by atoms with Crippen molar-refractivity contribution in [1.29, 1.82) is 0 Å². The van der Waals surface area contributed by atoms with Crippen molar-refractivity contribution in [2.75, 3.05) is 6.61 Å². The summed E-state index contributed by atoms with van der Waals surface area (Å²) >= 11 is 0. The van der Waals surface area contributed by atoms with E-state index in [9.17, 15) is 20.1 Å². The van der Waals surface area contributed by atoms with Gasteiger partial charge in [0, 0.05) is 0 Å². The van der Waals surface area contributed by atoms with Crippen LogP contribution in [0.4, 0.5) is 0 Å². The van der Waals surface area contributed by atoms with E-state index in [1.165, 1.54) is 205 Å². The number of rotatable bonds is 44. The van der Waals surface area contributed by atoms with Crippen molar-refractivity contribution in [1.82, 2.24) is 5.32 Å². The number of nitrogens with one attached hydrogen (secondary N) is 1. The third-order valence-electron chi connectivity index (χ3n) is 11.4. The lowest BCUT2D eigenvalue weighted by molar-refractivity contribution is -0.131. The molecule has 316 valence electrons. The first-order valence-electron chi connectivity index (χ1n) is 24.0. The fraction of sp³-hybridized carbons (Fsp3) is 0.938. The standard InChI is InChI=1S/C48H95NO4/c1-3-5-7-9-11-13-15-17-19-21-22-23-24-25-27-29-31-33-35-37-39-41-43-47(52)48(53)49-45(44-50)46(51)42-40-38-36-34-32-30-28-26-20-18-16-14-12-10-8-6-4-2/h25,27,45-47,50-52H,3-24,26,28-44H2,1-2H3,(H,49,53)/b27-25-. The van der Waals surface area contributed by atoms with Crippen molar-refractivity contribution >= 4 is 5.91 Å². The Labute approximate surface area is 331 Å². The lowest BCUT2D eigenvalue weighted by atomic mass is 10.0. The number of aliphatic hydroxyl groups is 3. The van der Waals surface area contributed by atoms with Gasteiger partial charge in [-0.2, -0.15) is 0 Å². The molecule has 0 bridgehead atoms. The van der Waals surface area contributed by atoms with Crippen molar-refractivity contribution in [3.8, 4) is 0 Å². The zero-order chi connectivity index (χ0) is 38.7. The van der Waals surface area contributed by atoms with Gasteiger partial charge in [0.2, 0.25) is 5.91 Å².